The molecule has 0 radical (unpaired) electrons. The van der Waals surface area contributed by atoms with E-state index in [2.05, 4.69) is 0 Å². The average Bonchev–Trinajstić information content (AvgIpc) is 2.97. The van der Waals surface area contributed by atoms with Crippen LogP contribution in [-0.2, 0) is 9.47 Å². The monoisotopic (exact) mass is 288 g/mol. The number of ether oxygens (including phenoxy) is 2. The molecule has 1 heterocycles. The lowest BCUT2D eigenvalue weighted by Gasteiger charge is -2.27. The highest BCUT2D eigenvalue weighted by Crippen LogP contribution is 2.24. The van der Waals surface area contributed by atoms with Crippen molar-refractivity contribution in [2.24, 2.45) is 0 Å². The zero-order chi connectivity index (χ0) is 14.7. The first-order chi connectivity index (χ1) is 10.3. The van der Waals surface area contributed by atoms with E-state index in [0.717, 1.165) is 36.7 Å². The summed E-state index contributed by atoms with van der Waals surface area (Å²) < 4.78 is 16.6. The molecule has 0 bridgehead atoms. The highest BCUT2D eigenvalue weighted by Gasteiger charge is 2.23. The smallest absolute Gasteiger partial charge is 0.192 e. The highest BCUT2D eigenvalue weighted by molar-refractivity contribution is 6.07. The molecule has 1 aromatic carbocycles. The summed E-state index contributed by atoms with van der Waals surface area (Å²) in [5.41, 5.74) is 1.34. The third-order valence-electron chi connectivity index (χ3n) is 4.14. The Bertz CT molecular complexity index is 616. The standard InChI is InChI=1S/C17H20O4/c1-19-12-5-4-6-13(9-12)20-11-16(18)15-10-21-17-8-3-2-7-14(15)17/h2-3,7-8,10,12-13H,4-6,9,11H2,1H3. The van der Waals surface area contributed by atoms with Gasteiger partial charge in [-0.2, -0.15) is 0 Å². The number of hydrogen-bond acceptors (Lipinski definition) is 4. The Labute approximate surface area is 124 Å². The molecule has 1 aliphatic carbocycles. The molecule has 0 N–H and O–H groups in total. The van der Waals surface area contributed by atoms with Crippen molar-refractivity contribution >= 4 is 16.8 Å². The lowest BCUT2D eigenvalue weighted by molar-refractivity contribution is -0.0242. The van der Waals surface area contributed by atoms with Gasteiger partial charge in [-0.25, -0.2) is 0 Å². The predicted octanol–water partition coefficient (Wildman–Crippen LogP) is 3.59. The number of Topliss-reactive ketones (excluding diaryl/α,β-unsaturated/α-hetero) is 1. The summed E-state index contributed by atoms with van der Waals surface area (Å²) in [4.78, 5) is 12.3. The number of carbonyl (C=O) groups is 1. The number of fused-ring (bicyclic) bond motifs is 1. The molecular weight excluding hydrogens is 268 g/mol. The van der Waals surface area contributed by atoms with Crippen molar-refractivity contribution in [3.63, 3.8) is 0 Å². The van der Waals surface area contributed by atoms with Gasteiger partial charge in [0, 0.05) is 12.5 Å². The second kappa shape index (κ2) is 6.41. The number of benzene rings is 1. The summed E-state index contributed by atoms with van der Waals surface area (Å²) >= 11 is 0. The minimum absolute atomic E-state index is 0.0282. The van der Waals surface area contributed by atoms with Gasteiger partial charge in [-0.3, -0.25) is 4.79 Å². The zero-order valence-electron chi connectivity index (χ0n) is 12.2. The second-order valence-corrected chi connectivity index (χ2v) is 5.53. The van der Waals surface area contributed by atoms with Crippen molar-refractivity contribution in [2.75, 3.05) is 13.7 Å². The van der Waals surface area contributed by atoms with Gasteiger partial charge in [-0.15, -0.1) is 0 Å². The lowest BCUT2D eigenvalue weighted by Crippen LogP contribution is -2.29. The van der Waals surface area contributed by atoms with Crippen LogP contribution in [0.5, 0.6) is 0 Å². The number of furan rings is 1. The Hall–Kier alpha value is -1.65. The summed E-state index contributed by atoms with van der Waals surface area (Å²) in [5, 5.41) is 0.851. The molecule has 1 aromatic heterocycles. The third-order valence-corrected chi connectivity index (χ3v) is 4.14. The van der Waals surface area contributed by atoms with Crippen molar-refractivity contribution < 1.29 is 18.7 Å². The first-order valence-corrected chi connectivity index (χ1v) is 7.41. The molecule has 2 unspecified atom stereocenters. The second-order valence-electron chi connectivity index (χ2n) is 5.53. The molecule has 1 saturated carbocycles. The van der Waals surface area contributed by atoms with Crippen LogP contribution >= 0.6 is 0 Å². The third kappa shape index (κ3) is 3.17. The van der Waals surface area contributed by atoms with Gasteiger partial charge in [0.15, 0.2) is 5.78 Å². The van der Waals surface area contributed by atoms with E-state index < -0.39 is 0 Å². The molecule has 21 heavy (non-hydrogen) atoms. The highest BCUT2D eigenvalue weighted by atomic mass is 16.5. The normalized spacial score (nSPS) is 22.5. The Kier molecular flexibility index (Phi) is 4.36. The Morgan fingerprint density at radius 1 is 1.29 bits per heavy atom. The Balaban J connectivity index is 1.61. The Morgan fingerprint density at radius 3 is 2.95 bits per heavy atom. The first kappa shape index (κ1) is 14.3. The molecule has 2 aromatic rings. The van der Waals surface area contributed by atoms with E-state index >= 15 is 0 Å². The fourth-order valence-electron chi connectivity index (χ4n) is 2.93. The van der Waals surface area contributed by atoms with Gasteiger partial charge >= 0.3 is 0 Å². The van der Waals surface area contributed by atoms with Crippen molar-refractivity contribution in [1.29, 1.82) is 0 Å². The van der Waals surface area contributed by atoms with E-state index in [1.807, 2.05) is 24.3 Å². The Morgan fingerprint density at radius 2 is 2.10 bits per heavy atom. The van der Waals surface area contributed by atoms with E-state index in [9.17, 15) is 4.79 Å². The topological polar surface area (TPSA) is 48.7 Å². The van der Waals surface area contributed by atoms with Crippen LogP contribution in [0.1, 0.15) is 36.0 Å². The van der Waals surface area contributed by atoms with Crippen LogP contribution in [0.2, 0.25) is 0 Å². The molecule has 0 saturated heterocycles. The van der Waals surface area contributed by atoms with Crippen LogP contribution in [0.25, 0.3) is 11.0 Å². The van der Waals surface area contributed by atoms with Gasteiger partial charge in [0.25, 0.3) is 0 Å². The van der Waals surface area contributed by atoms with Crippen molar-refractivity contribution in [1.82, 2.24) is 0 Å². The molecule has 1 fully saturated rings. The molecule has 4 nitrogen and oxygen atoms in total. The van der Waals surface area contributed by atoms with Crippen molar-refractivity contribution in [2.45, 2.75) is 37.9 Å². The largest absolute Gasteiger partial charge is 0.464 e. The maximum absolute atomic E-state index is 12.3. The number of rotatable bonds is 5. The SMILES string of the molecule is COC1CCCC(OCC(=O)c2coc3ccccc23)C1. The fraction of sp³-hybridized carbons (Fsp3) is 0.471. The molecule has 2 atom stereocenters. The van der Waals surface area contributed by atoms with E-state index in [1.165, 1.54) is 6.26 Å². The number of carbonyl (C=O) groups excluding carboxylic acids is 1. The number of para-hydroxylation sites is 1. The predicted molar refractivity (Wildman–Crippen MR) is 79.5 cm³/mol. The number of methoxy groups -OCH3 is 1. The number of hydrogen-bond donors (Lipinski definition) is 0. The molecule has 4 heteroatoms. The van der Waals surface area contributed by atoms with Gasteiger partial charge in [0.1, 0.15) is 18.5 Å². The van der Waals surface area contributed by atoms with Gasteiger partial charge in [0.05, 0.1) is 17.8 Å². The molecule has 1 aliphatic rings. The summed E-state index contributed by atoms with van der Waals surface area (Å²) in [6.45, 7) is 0.102. The van der Waals surface area contributed by atoms with Crippen LogP contribution in [0.15, 0.2) is 34.9 Å². The summed E-state index contributed by atoms with van der Waals surface area (Å²) in [7, 11) is 1.73. The van der Waals surface area contributed by atoms with Crippen LogP contribution in [-0.4, -0.2) is 31.7 Å². The van der Waals surface area contributed by atoms with Crippen LogP contribution in [0, 0.1) is 0 Å². The molecule has 0 spiro atoms. The summed E-state index contributed by atoms with van der Waals surface area (Å²) in [5.74, 6) is -0.0282. The molecule has 112 valence electrons. The van der Waals surface area contributed by atoms with E-state index in [1.54, 1.807) is 7.11 Å². The average molecular weight is 288 g/mol. The van der Waals surface area contributed by atoms with E-state index in [0.29, 0.717) is 5.56 Å². The number of ketones is 1. The zero-order valence-corrected chi connectivity index (χ0v) is 12.2. The van der Waals surface area contributed by atoms with Gasteiger partial charge < -0.3 is 13.9 Å². The minimum Gasteiger partial charge on any atom is -0.464 e. The summed E-state index contributed by atoms with van der Waals surface area (Å²) in [6.07, 6.45) is 5.94. The summed E-state index contributed by atoms with van der Waals surface area (Å²) in [6, 6.07) is 7.55. The van der Waals surface area contributed by atoms with Gasteiger partial charge in [-0.1, -0.05) is 18.2 Å². The van der Waals surface area contributed by atoms with Gasteiger partial charge in [-0.05, 0) is 31.7 Å². The van der Waals surface area contributed by atoms with E-state index in [-0.39, 0.29) is 24.6 Å². The lowest BCUT2D eigenvalue weighted by atomic mass is 9.95. The minimum atomic E-state index is -0.0282. The maximum Gasteiger partial charge on any atom is 0.192 e. The first-order valence-electron chi connectivity index (χ1n) is 7.41. The van der Waals surface area contributed by atoms with Gasteiger partial charge in [0.2, 0.25) is 0 Å². The quantitative estimate of drug-likeness (QED) is 0.789. The molecule has 0 amide bonds. The van der Waals surface area contributed by atoms with Crippen LogP contribution < -0.4 is 0 Å². The molecule has 3 rings (SSSR count). The van der Waals surface area contributed by atoms with Crippen molar-refractivity contribution in [3.05, 3.63) is 36.1 Å². The van der Waals surface area contributed by atoms with E-state index in [4.69, 9.17) is 13.9 Å². The molecule has 0 aliphatic heterocycles. The van der Waals surface area contributed by atoms with Crippen LogP contribution in [0.3, 0.4) is 0 Å². The fourth-order valence-corrected chi connectivity index (χ4v) is 2.93. The maximum atomic E-state index is 12.3. The van der Waals surface area contributed by atoms with Crippen LogP contribution in [0.4, 0.5) is 0 Å². The molecular formula is C17H20O4. The van der Waals surface area contributed by atoms with Crippen molar-refractivity contribution in [3.8, 4) is 0 Å².